The van der Waals surface area contributed by atoms with Gasteiger partial charge in [0.05, 0.1) is 6.20 Å². The van der Waals surface area contributed by atoms with E-state index >= 15 is 0 Å². The first kappa shape index (κ1) is 20.3. The molecule has 0 spiro atoms. The number of nitriles is 1. The lowest BCUT2D eigenvalue weighted by Gasteiger charge is -2.31. The molecule has 1 aliphatic rings. The van der Waals surface area contributed by atoms with Gasteiger partial charge in [0.2, 0.25) is 11.8 Å². The zero-order valence-electron chi connectivity index (χ0n) is 17.2. The van der Waals surface area contributed by atoms with Crippen molar-refractivity contribution in [2.24, 2.45) is 5.92 Å². The van der Waals surface area contributed by atoms with Crippen LogP contribution in [0.2, 0.25) is 0 Å². The van der Waals surface area contributed by atoms with Crippen molar-refractivity contribution in [1.82, 2.24) is 15.0 Å². The average molecular weight is 414 g/mol. The maximum Gasteiger partial charge on any atom is 0.237 e. The number of ether oxygens (including phenoxy) is 1. The molecule has 31 heavy (non-hydrogen) atoms. The number of aromatic nitrogens is 3. The van der Waals surface area contributed by atoms with Crippen molar-refractivity contribution < 1.29 is 9.53 Å². The molecule has 3 heterocycles. The van der Waals surface area contributed by atoms with Gasteiger partial charge in [0.25, 0.3) is 0 Å². The van der Waals surface area contributed by atoms with Gasteiger partial charge in [-0.3, -0.25) is 9.78 Å². The van der Waals surface area contributed by atoms with Crippen molar-refractivity contribution >= 4 is 17.4 Å². The Hall–Kier alpha value is -3.99. The third-order valence-corrected chi connectivity index (χ3v) is 5.30. The van der Waals surface area contributed by atoms with Gasteiger partial charge in [-0.25, -0.2) is 9.97 Å². The van der Waals surface area contributed by atoms with Crippen LogP contribution in [-0.4, -0.2) is 33.9 Å². The van der Waals surface area contributed by atoms with Crippen molar-refractivity contribution in [2.75, 3.05) is 23.3 Å². The number of nitrogens with one attached hydrogen (secondary N) is 1. The van der Waals surface area contributed by atoms with E-state index in [1.54, 1.807) is 43.0 Å². The Morgan fingerprint density at radius 1 is 1.19 bits per heavy atom. The molecular weight excluding hydrogens is 392 g/mol. The highest BCUT2D eigenvalue weighted by molar-refractivity contribution is 5.93. The third kappa shape index (κ3) is 4.78. The molecule has 1 fully saturated rings. The Kier molecular flexibility index (Phi) is 6.03. The van der Waals surface area contributed by atoms with E-state index < -0.39 is 0 Å². The van der Waals surface area contributed by atoms with Crippen LogP contribution < -0.4 is 15.0 Å². The third-order valence-electron chi connectivity index (χ3n) is 5.30. The van der Waals surface area contributed by atoms with Crippen LogP contribution in [0.3, 0.4) is 0 Å². The van der Waals surface area contributed by atoms with Gasteiger partial charge in [-0.2, -0.15) is 5.26 Å². The number of rotatable bonds is 5. The van der Waals surface area contributed by atoms with Crippen LogP contribution in [0, 0.1) is 24.2 Å². The van der Waals surface area contributed by atoms with Crippen LogP contribution in [0.4, 0.5) is 11.5 Å². The fourth-order valence-electron chi connectivity index (χ4n) is 3.57. The maximum atomic E-state index is 12.8. The van der Waals surface area contributed by atoms with Crippen molar-refractivity contribution in [2.45, 2.75) is 19.8 Å². The largest absolute Gasteiger partial charge is 0.438 e. The zero-order valence-corrected chi connectivity index (χ0v) is 17.2. The summed E-state index contributed by atoms with van der Waals surface area (Å²) in [7, 11) is 0. The number of carbonyl (C=O) groups is 1. The Morgan fingerprint density at radius 3 is 2.74 bits per heavy atom. The first-order chi connectivity index (χ1) is 15.1. The highest BCUT2D eigenvalue weighted by Crippen LogP contribution is 2.28. The van der Waals surface area contributed by atoms with E-state index in [0.29, 0.717) is 11.3 Å². The van der Waals surface area contributed by atoms with E-state index in [9.17, 15) is 10.1 Å². The highest BCUT2D eigenvalue weighted by Gasteiger charge is 2.26. The predicted molar refractivity (Wildman–Crippen MR) is 116 cm³/mol. The Bertz CT molecular complexity index is 1100. The Labute approximate surface area is 180 Å². The van der Waals surface area contributed by atoms with E-state index in [2.05, 4.69) is 31.2 Å². The fraction of sp³-hybridized carbons (Fsp3) is 0.261. The molecule has 1 saturated heterocycles. The second kappa shape index (κ2) is 9.22. The molecule has 0 saturated carbocycles. The van der Waals surface area contributed by atoms with Crippen LogP contribution in [-0.2, 0) is 4.79 Å². The minimum Gasteiger partial charge on any atom is -0.438 e. The van der Waals surface area contributed by atoms with E-state index in [1.165, 1.54) is 0 Å². The average Bonchev–Trinajstić information content (AvgIpc) is 2.82. The van der Waals surface area contributed by atoms with Crippen LogP contribution in [0.1, 0.15) is 24.0 Å². The molecule has 156 valence electrons. The lowest BCUT2D eigenvalue weighted by molar-refractivity contribution is -0.120. The summed E-state index contributed by atoms with van der Waals surface area (Å²) in [5.41, 5.74) is 1.98. The molecular formula is C23H22N6O2. The van der Waals surface area contributed by atoms with Crippen molar-refractivity contribution in [3.63, 3.8) is 0 Å². The minimum absolute atomic E-state index is 0.0204. The summed E-state index contributed by atoms with van der Waals surface area (Å²) >= 11 is 0. The Balaban J connectivity index is 1.36. The van der Waals surface area contributed by atoms with Crippen LogP contribution in [0.15, 0.2) is 55.1 Å². The second-order valence-electron chi connectivity index (χ2n) is 7.36. The number of aryl methyl sites for hydroxylation is 1. The van der Waals surface area contributed by atoms with Gasteiger partial charge >= 0.3 is 0 Å². The van der Waals surface area contributed by atoms with E-state index in [1.807, 2.05) is 19.1 Å². The molecule has 0 bridgehead atoms. The molecule has 3 aromatic rings. The summed E-state index contributed by atoms with van der Waals surface area (Å²) in [5.74, 6) is 1.64. The number of piperidine rings is 1. The van der Waals surface area contributed by atoms with Gasteiger partial charge < -0.3 is 15.0 Å². The number of nitrogens with zero attached hydrogens (tertiary/aromatic N) is 5. The van der Waals surface area contributed by atoms with E-state index in [-0.39, 0.29) is 17.7 Å². The molecule has 0 atom stereocenters. The molecule has 8 nitrogen and oxygen atoms in total. The smallest absolute Gasteiger partial charge is 0.237 e. The lowest BCUT2D eigenvalue weighted by atomic mass is 9.95. The standard InChI is InChI=1S/C23H22N6O2/c1-16-13-19(31-23-18(14-24)3-2-8-27-23)4-5-20(16)28-22(30)17-6-11-29(12-7-17)21-15-25-9-10-26-21/h2-5,8-10,13,15,17H,6-7,11-12H2,1H3,(H,28,30). The number of carbonyl (C=O) groups excluding carboxylic acids is 1. The number of hydrogen-bond donors (Lipinski definition) is 1. The zero-order chi connectivity index (χ0) is 21.6. The molecule has 1 aliphatic heterocycles. The second-order valence-corrected chi connectivity index (χ2v) is 7.36. The van der Waals surface area contributed by atoms with Gasteiger partial charge in [0.15, 0.2) is 0 Å². The predicted octanol–water partition coefficient (Wildman–Crippen LogP) is 3.70. The van der Waals surface area contributed by atoms with Gasteiger partial charge in [-0.05, 0) is 55.7 Å². The molecule has 8 heteroatoms. The maximum absolute atomic E-state index is 12.8. The van der Waals surface area contributed by atoms with Gasteiger partial charge in [-0.15, -0.1) is 0 Å². The Morgan fingerprint density at radius 2 is 2.03 bits per heavy atom. The molecule has 0 aliphatic carbocycles. The summed E-state index contributed by atoms with van der Waals surface area (Å²) in [5, 5.41) is 12.2. The number of amides is 1. The van der Waals surface area contributed by atoms with E-state index in [4.69, 9.17) is 4.74 Å². The van der Waals surface area contributed by atoms with E-state index in [0.717, 1.165) is 43.0 Å². The number of pyridine rings is 1. The molecule has 4 rings (SSSR count). The van der Waals surface area contributed by atoms with Crippen molar-refractivity contribution in [3.05, 3.63) is 66.2 Å². The topological polar surface area (TPSA) is 104 Å². The highest BCUT2D eigenvalue weighted by atomic mass is 16.5. The van der Waals surface area contributed by atoms with Gasteiger partial charge in [-0.1, -0.05) is 0 Å². The summed E-state index contributed by atoms with van der Waals surface area (Å²) in [4.78, 5) is 27.5. The normalized spacial score (nSPS) is 14.0. The van der Waals surface area contributed by atoms with Crippen LogP contribution >= 0.6 is 0 Å². The van der Waals surface area contributed by atoms with Gasteiger partial charge in [0, 0.05) is 43.3 Å². The molecule has 0 unspecified atom stereocenters. The van der Waals surface area contributed by atoms with Crippen molar-refractivity contribution in [1.29, 1.82) is 5.26 Å². The first-order valence-electron chi connectivity index (χ1n) is 10.1. The molecule has 1 N–H and O–H groups in total. The molecule has 1 amide bonds. The lowest BCUT2D eigenvalue weighted by Crippen LogP contribution is -2.38. The molecule has 2 aromatic heterocycles. The summed E-state index contributed by atoms with van der Waals surface area (Å²) < 4.78 is 5.75. The number of anilines is 2. The summed E-state index contributed by atoms with van der Waals surface area (Å²) in [6.45, 7) is 3.45. The minimum atomic E-state index is -0.0463. The summed E-state index contributed by atoms with van der Waals surface area (Å²) in [6, 6.07) is 10.8. The monoisotopic (exact) mass is 414 g/mol. The molecule has 1 aromatic carbocycles. The van der Waals surface area contributed by atoms with Crippen LogP contribution in [0.5, 0.6) is 11.6 Å². The first-order valence-corrected chi connectivity index (χ1v) is 10.1. The number of hydrogen-bond acceptors (Lipinski definition) is 7. The number of benzene rings is 1. The van der Waals surface area contributed by atoms with Gasteiger partial charge in [0.1, 0.15) is 23.2 Å². The quantitative estimate of drug-likeness (QED) is 0.679. The van der Waals surface area contributed by atoms with Crippen LogP contribution in [0.25, 0.3) is 0 Å². The fourth-order valence-corrected chi connectivity index (χ4v) is 3.57. The van der Waals surface area contributed by atoms with Crippen molar-refractivity contribution in [3.8, 4) is 17.7 Å². The molecule has 0 radical (unpaired) electrons. The SMILES string of the molecule is Cc1cc(Oc2ncccc2C#N)ccc1NC(=O)C1CCN(c2cnccn2)CC1. The summed E-state index contributed by atoms with van der Waals surface area (Å²) in [6.07, 6.45) is 8.18.